The number of nitrogens with one attached hydrogen (secondary N) is 1. The number of pyridine rings is 1. The van der Waals surface area contributed by atoms with E-state index in [-0.39, 0.29) is 11.7 Å². The number of amides is 1. The summed E-state index contributed by atoms with van der Waals surface area (Å²) in [5, 5.41) is 19.3. The molecule has 9 nitrogen and oxygen atoms in total. The van der Waals surface area contributed by atoms with Gasteiger partial charge in [0.25, 0.3) is 0 Å². The van der Waals surface area contributed by atoms with Crippen molar-refractivity contribution in [3.8, 4) is 5.69 Å². The highest BCUT2D eigenvalue weighted by molar-refractivity contribution is 7.99. The summed E-state index contributed by atoms with van der Waals surface area (Å²) in [6.45, 7) is 0. The highest BCUT2D eigenvalue weighted by Crippen LogP contribution is 2.37. The van der Waals surface area contributed by atoms with Gasteiger partial charge in [-0.05, 0) is 25.0 Å². The first kappa shape index (κ1) is 14.8. The summed E-state index contributed by atoms with van der Waals surface area (Å²) in [5.41, 5.74) is 0.777. The van der Waals surface area contributed by atoms with Crippen LogP contribution in [0.5, 0.6) is 0 Å². The third kappa shape index (κ3) is 3.13. The van der Waals surface area contributed by atoms with Gasteiger partial charge in [0, 0.05) is 12.2 Å². The summed E-state index contributed by atoms with van der Waals surface area (Å²) in [4.78, 5) is 16.3. The third-order valence-electron chi connectivity index (χ3n) is 3.54. The Morgan fingerprint density at radius 2 is 2.17 bits per heavy atom. The number of carbonyl (C=O) groups excluding carboxylic acids is 1. The van der Waals surface area contributed by atoms with Crippen molar-refractivity contribution in [2.75, 3.05) is 11.1 Å². The van der Waals surface area contributed by atoms with E-state index in [0.29, 0.717) is 12.0 Å². The normalized spacial score (nSPS) is 13.8. The van der Waals surface area contributed by atoms with Crippen molar-refractivity contribution in [3.63, 3.8) is 0 Å². The molecule has 1 fully saturated rings. The van der Waals surface area contributed by atoms with E-state index in [1.54, 1.807) is 23.3 Å². The number of hydrogen-bond donors (Lipinski definition) is 1. The molecule has 0 radical (unpaired) electrons. The molecule has 0 spiro atoms. The number of carbonyl (C=O) groups is 1. The zero-order chi connectivity index (χ0) is 16.4. The SMILES string of the molecule is O=C(CSc1nncn1C1CC1)Nc1nncn1-c1cccnc1. The second-order valence-corrected chi connectivity index (χ2v) is 6.27. The lowest BCUT2D eigenvalue weighted by atomic mass is 10.4. The summed E-state index contributed by atoms with van der Waals surface area (Å²) in [5.74, 6) is 0.409. The molecule has 3 aromatic heterocycles. The Morgan fingerprint density at radius 3 is 2.96 bits per heavy atom. The fraction of sp³-hybridized carbons (Fsp3) is 0.286. The molecule has 0 unspecified atom stereocenters. The van der Waals surface area contributed by atoms with Crippen LogP contribution < -0.4 is 5.32 Å². The molecule has 1 amide bonds. The monoisotopic (exact) mass is 342 g/mol. The van der Waals surface area contributed by atoms with Gasteiger partial charge in [0.15, 0.2) is 5.16 Å². The van der Waals surface area contributed by atoms with Crippen LogP contribution in [0.4, 0.5) is 5.95 Å². The Kier molecular flexibility index (Phi) is 3.95. The quantitative estimate of drug-likeness (QED) is 0.674. The highest BCUT2D eigenvalue weighted by atomic mass is 32.2. The number of nitrogens with zero attached hydrogens (tertiary/aromatic N) is 7. The van der Waals surface area contributed by atoms with Crippen LogP contribution in [0.2, 0.25) is 0 Å². The van der Waals surface area contributed by atoms with Crippen LogP contribution in [0.15, 0.2) is 42.3 Å². The molecular weight excluding hydrogens is 328 g/mol. The molecule has 0 aromatic carbocycles. The van der Waals surface area contributed by atoms with Gasteiger partial charge in [0.1, 0.15) is 12.7 Å². The summed E-state index contributed by atoms with van der Waals surface area (Å²) in [6, 6.07) is 4.15. The summed E-state index contributed by atoms with van der Waals surface area (Å²) < 4.78 is 3.69. The maximum absolute atomic E-state index is 12.2. The zero-order valence-electron chi connectivity index (χ0n) is 12.6. The van der Waals surface area contributed by atoms with Crippen molar-refractivity contribution in [1.82, 2.24) is 34.5 Å². The molecule has 3 aromatic rings. The standard InChI is InChI=1S/C14H14N8OS/c23-12(7-24-14-20-17-9-22(14)10-3-4-10)18-13-19-16-8-21(13)11-2-1-5-15-6-11/h1-2,5-6,8-10H,3-4,7H2,(H,18,19,23). The Bertz CT molecular complexity index is 841. The molecule has 10 heteroatoms. The molecule has 24 heavy (non-hydrogen) atoms. The largest absolute Gasteiger partial charge is 0.306 e. The molecule has 1 aliphatic rings. The summed E-state index contributed by atoms with van der Waals surface area (Å²) in [6.07, 6.45) is 8.89. The van der Waals surface area contributed by atoms with Gasteiger partial charge in [-0.3, -0.25) is 19.7 Å². The number of thioether (sulfide) groups is 1. The molecule has 1 saturated carbocycles. The topological polar surface area (TPSA) is 103 Å². The van der Waals surface area contributed by atoms with Gasteiger partial charge in [-0.15, -0.1) is 20.4 Å². The van der Waals surface area contributed by atoms with Gasteiger partial charge in [0.05, 0.1) is 17.6 Å². The minimum absolute atomic E-state index is 0.177. The molecule has 1 N–H and O–H groups in total. The van der Waals surface area contributed by atoms with Gasteiger partial charge in [-0.1, -0.05) is 11.8 Å². The number of hydrogen-bond acceptors (Lipinski definition) is 7. The van der Waals surface area contributed by atoms with Gasteiger partial charge >= 0.3 is 0 Å². The van der Waals surface area contributed by atoms with Crippen molar-refractivity contribution in [2.24, 2.45) is 0 Å². The second kappa shape index (κ2) is 6.40. The molecule has 0 aliphatic heterocycles. The van der Waals surface area contributed by atoms with E-state index in [1.165, 1.54) is 18.1 Å². The van der Waals surface area contributed by atoms with E-state index < -0.39 is 0 Å². The number of aromatic nitrogens is 7. The van der Waals surface area contributed by atoms with Crippen LogP contribution in [0.3, 0.4) is 0 Å². The maximum Gasteiger partial charge on any atom is 0.237 e. The molecule has 122 valence electrons. The first-order chi connectivity index (χ1) is 11.8. The number of rotatable bonds is 6. The lowest BCUT2D eigenvalue weighted by Gasteiger charge is -2.07. The predicted molar refractivity (Wildman–Crippen MR) is 86.8 cm³/mol. The molecule has 3 heterocycles. The van der Waals surface area contributed by atoms with Crippen LogP contribution >= 0.6 is 11.8 Å². The van der Waals surface area contributed by atoms with E-state index >= 15 is 0 Å². The van der Waals surface area contributed by atoms with E-state index in [9.17, 15) is 4.79 Å². The fourth-order valence-corrected chi connectivity index (χ4v) is 3.02. The third-order valence-corrected chi connectivity index (χ3v) is 4.49. The first-order valence-corrected chi connectivity index (χ1v) is 8.42. The van der Waals surface area contributed by atoms with Crippen molar-refractivity contribution in [1.29, 1.82) is 0 Å². The molecule has 4 rings (SSSR count). The van der Waals surface area contributed by atoms with E-state index in [1.807, 2.05) is 16.7 Å². The van der Waals surface area contributed by atoms with Gasteiger partial charge in [-0.2, -0.15) is 0 Å². The van der Waals surface area contributed by atoms with Crippen LogP contribution in [0.25, 0.3) is 5.69 Å². The smallest absolute Gasteiger partial charge is 0.237 e. The second-order valence-electron chi connectivity index (χ2n) is 5.32. The zero-order valence-corrected chi connectivity index (χ0v) is 13.4. The lowest BCUT2D eigenvalue weighted by Crippen LogP contribution is -2.17. The van der Waals surface area contributed by atoms with E-state index in [2.05, 4.69) is 30.7 Å². The highest BCUT2D eigenvalue weighted by Gasteiger charge is 2.26. The van der Waals surface area contributed by atoms with Crippen LogP contribution in [0.1, 0.15) is 18.9 Å². The summed E-state index contributed by atoms with van der Waals surface area (Å²) in [7, 11) is 0. The van der Waals surface area contributed by atoms with E-state index in [0.717, 1.165) is 23.7 Å². The summed E-state index contributed by atoms with van der Waals surface area (Å²) >= 11 is 1.36. The molecular formula is C14H14N8OS. The molecule has 0 bridgehead atoms. The first-order valence-electron chi connectivity index (χ1n) is 7.44. The van der Waals surface area contributed by atoms with E-state index in [4.69, 9.17) is 0 Å². The van der Waals surface area contributed by atoms with Crippen molar-refractivity contribution < 1.29 is 4.79 Å². The average Bonchev–Trinajstić information content (AvgIpc) is 3.16. The van der Waals surface area contributed by atoms with Crippen molar-refractivity contribution >= 4 is 23.6 Å². The molecule has 0 saturated heterocycles. The van der Waals surface area contributed by atoms with Crippen LogP contribution in [-0.2, 0) is 4.79 Å². The number of anilines is 1. The van der Waals surface area contributed by atoms with Gasteiger partial charge < -0.3 is 4.57 Å². The Labute approximate surface area is 141 Å². The Hall–Kier alpha value is -2.75. The average molecular weight is 342 g/mol. The minimum Gasteiger partial charge on any atom is -0.306 e. The van der Waals surface area contributed by atoms with Crippen LogP contribution in [0, 0.1) is 0 Å². The van der Waals surface area contributed by atoms with Crippen molar-refractivity contribution in [3.05, 3.63) is 37.2 Å². The lowest BCUT2D eigenvalue weighted by molar-refractivity contribution is -0.113. The predicted octanol–water partition coefficient (Wildman–Crippen LogP) is 1.32. The van der Waals surface area contributed by atoms with Gasteiger partial charge in [0.2, 0.25) is 11.9 Å². The maximum atomic E-state index is 12.2. The molecule has 1 aliphatic carbocycles. The Morgan fingerprint density at radius 1 is 1.29 bits per heavy atom. The van der Waals surface area contributed by atoms with Crippen LogP contribution in [-0.4, -0.2) is 46.2 Å². The van der Waals surface area contributed by atoms with Gasteiger partial charge in [-0.25, -0.2) is 0 Å². The molecule has 0 atom stereocenters. The minimum atomic E-state index is -0.177. The fourth-order valence-electron chi connectivity index (χ4n) is 2.23. The Balaban J connectivity index is 1.40. The van der Waals surface area contributed by atoms with Crippen molar-refractivity contribution in [2.45, 2.75) is 24.0 Å².